The highest BCUT2D eigenvalue weighted by Crippen LogP contribution is 2.25. The second-order valence-electron chi connectivity index (χ2n) is 3.72. The van der Waals surface area contributed by atoms with Gasteiger partial charge in [-0.1, -0.05) is 0 Å². The molecule has 0 spiro atoms. The third-order valence-corrected chi connectivity index (χ3v) is 2.31. The van der Waals surface area contributed by atoms with Crippen LogP contribution in [0.3, 0.4) is 0 Å². The fraction of sp³-hybridized carbons (Fsp3) is 0.500. The van der Waals surface area contributed by atoms with Crippen molar-refractivity contribution in [1.82, 2.24) is 9.97 Å². The van der Waals surface area contributed by atoms with E-state index in [0.717, 1.165) is 0 Å². The van der Waals surface area contributed by atoms with Crippen molar-refractivity contribution < 1.29 is 23.1 Å². The van der Waals surface area contributed by atoms with Gasteiger partial charge in [-0.2, -0.15) is 13.2 Å². The zero-order valence-electron chi connectivity index (χ0n) is 9.47. The van der Waals surface area contributed by atoms with Gasteiger partial charge in [0.15, 0.2) is 0 Å². The van der Waals surface area contributed by atoms with Crippen molar-refractivity contribution in [2.45, 2.75) is 32.4 Å². The van der Waals surface area contributed by atoms with Crippen molar-refractivity contribution in [3.05, 3.63) is 27.4 Å². The molecule has 0 atom stereocenters. The van der Waals surface area contributed by atoms with Crippen LogP contribution >= 0.6 is 0 Å². The summed E-state index contributed by atoms with van der Waals surface area (Å²) in [6.45, 7) is 1.29. The average molecular weight is 264 g/mol. The highest BCUT2D eigenvalue weighted by Gasteiger charge is 2.34. The Kier molecular flexibility index (Phi) is 4.10. The van der Waals surface area contributed by atoms with Crippen molar-refractivity contribution in [1.29, 1.82) is 0 Å². The van der Waals surface area contributed by atoms with Crippen LogP contribution in [0.25, 0.3) is 0 Å². The Morgan fingerprint density at radius 2 is 2.06 bits per heavy atom. The number of carbonyl (C=O) groups is 1. The number of aromatic amines is 1. The average Bonchev–Trinajstić information content (AvgIpc) is 2.20. The number of hydrogen-bond donors (Lipinski definition) is 2. The van der Waals surface area contributed by atoms with Gasteiger partial charge in [0.25, 0.3) is 5.56 Å². The van der Waals surface area contributed by atoms with Gasteiger partial charge in [-0.05, 0) is 19.8 Å². The van der Waals surface area contributed by atoms with E-state index in [4.69, 9.17) is 5.11 Å². The predicted molar refractivity (Wildman–Crippen MR) is 55.2 cm³/mol. The van der Waals surface area contributed by atoms with Gasteiger partial charge in [0, 0.05) is 17.7 Å². The van der Waals surface area contributed by atoms with Crippen LogP contribution in [0.4, 0.5) is 13.2 Å². The van der Waals surface area contributed by atoms with Crippen LogP contribution in [0.5, 0.6) is 0 Å². The lowest BCUT2D eigenvalue weighted by Gasteiger charge is -2.08. The molecule has 5 nitrogen and oxygen atoms in total. The number of rotatable bonds is 4. The first-order valence-corrected chi connectivity index (χ1v) is 5.10. The summed E-state index contributed by atoms with van der Waals surface area (Å²) >= 11 is 0. The summed E-state index contributed by atoms with van der Waals surface area (Å²) in [7, 11) is 0. The molecule has 1 aromatic rings. The number of alkyl halides is 3. The number of nitrogens with zero attached hydrogens (tertiary/aromatic N) is 1. The molecular weight excluding hydrogens is 253 g/mol. The standard InChI is InChI=1S/C10H11F3N2O3/c1-5-6(3-2-4-7(16)17)8(18)15-9(14-5)10(11,12)13/h2-4H2,1H3,(H,16,17)(H,14,15,18). The van der Waals surface area contributed by atoms with Gasteiger partial charge in [0.2, 0.25) is 5.82 Å². The molecule has 0 aliphatic rings. The molecule has 2 N–H and O–H groups in total. The minimum absolute atomic E-state index is 0.0311. The number of aliphatic carboxylic acids is 1. The second kappa shape index (κ2) is 5.19. The Hall–Kier alpha value is -1.86. The summed E-state index contributed by atoms with van der Waals surface area (Å²) in [5.41, 5.74) is -0.819. The first-order chi connectivity index (χ1) is 8.21. The van der Waals surface area contributed by atoms with Gasteiger partial charge >= 0.3 is 12.1 Å². The van der Waals surface area contributed by atoms with Crippen molar-refractivity contribution in [3.8, 4) is 0 Å². The molecule has 8 heteroatoms. The summed E-state index contributed by atoms with van der Waals surface area (Å²) in [4.78, 5) is 26.7. The van der Waals surface area contributed by atoms with Gasteiger partial charge in [-0.25, -0.2) is 4.98 Å². The molecule has 0 aromatic carbocycles. The van der Waals surface area contributed by atoms with Crippen LogP contribution in [0, 0.1) is 6.92 Å². The van der Waals surface area contributed by atoms with Crippen LogP contribution in [0.1, 0.15) is 29.9 Å². The summed E-state index contributed by atoms with van der Waals surface area (Å²) in [5, 5.41) is 8.43. The van der Waals surface area contributed by atoms with Crippen molar-refractivity contribution >= 4 is 5.97 Å². The molecule has 1 rings (SSSR count). The molecule has 0 amide bonds. The Bertz CT molecular complexity index is 508. The SMILES string of the molecule is Cc1nc(C(F)(F)F)[nH]c(=O)c1CCCC(=O)O. The maximum atomic E-state index is 12.3. The Morgan fingerprint density at radius 1 is 1.44 bits per heavy atom. The molecule has 0 unspecified atom stereocenters. The number of aryl methyl sites for hydroxylation is 1. The minimum atomic E-state index is -4.70. The zero-order chi connectivity index (χ0) is 13.9. The largest absolute Gasteiger partial charge is 0.481 e. The molecule has 0 fully saturated rings. The maximum absolute atomic E-state index is 12.3. The number of hydrogen-bond acceptors (Lipinski definition) is 3. The zero-order valence-corrected chi connectivity index (χ0v) is 9.47. The normalized spacial score (nSPS) is 11.6. The summed E-state index contributed by atoms with van der Waals surface area (Å²) in [6, 6.07) is 0. The molecule has 1 heterocycles. The van der Waals surface area contributed by atoms with Gasteiger partial charge in [0.1, 0.15) is 0 Å². The quantitative estimate of drug-likeness (QED) is 0.863. The lowest BCUT2D eigenvalue weighted by Crippen LogP contribution is -2.23. The van der Waals surface area contributed by atoms with Crippen molar-refractivity contribution in [2.75, 3.05) is 0 Å². The Morgan fingerprint density at radius 3 is 2.50 bits per heavy atom. The molecule has 0 saturated heterocycles. The fourth-order valence-corrected chi connectivity index (χ4v) is 1.46. The van der Waals surface area contributed by atoms with E-state index in [1.807, 2.05) is 0 Å². The van der Waals surface area contributed by atoms with Gasteiger partial charge in [-0.15, -0.1) is 0 Å². The molecule has 0 saturated carbocycles. The van der Waals surface area contributed by atoms with Gasteiger partial charge in [0.05, 0.1) is 0 Å². The number of halogens is 3. The molecule has 18 heavy (non-hydrogen) atoms. The van der Waals surface area contributed by atoms with Crippen molar-refractivity contribution in [2.24, 2.45) is 0 Å². The van der Waals surface area contributed by atoms with E-state index >= 15 is 0 Å². The van der Waals surface area contributed by atoms with Gasteiger partial charge in [-0.3, -0.25) is 9.59 Å². The third kappa shape index (κ3) is 3.57. The first kappa shape index (κ1) is 14.2. The molecule has 1 aromatic heterocycles. The van der Waals surface area contributed by atoms with E-state index in [2.05, 4.69) is 4.98 Å². The van der Waals surface area contributed by atoms with Crippen molar-refractivity contribution in [3.63, 3.8) is 0 Å². The second-order valence-corrected chi connectivity index (χ2v) is 3.72. The number of carboxylic acids is 1. The van der Waals surface area contributed by atoms with E-state index in [1.165, 1.54) is 6.92 Å². The molecule has 0 aliphatic carbocycles. The topological polar surface area (TPSA) is 83.0 Å². The van der Waals surface area contributed by atoms with Crippen LogP contribution in [-0.2, 0) is 17.4 Å². The maximum Gasteiger partial charge on any atom is 0.449 e. The summed E-state index contributed by atoms with van der Waals surface area (Å²) < 4.78 is 37.0. The van der Waals surface area contributed by atoms with Crippen LogP contribution in [0.2, 0.25) is 0 Å². The molecule has 0 radical (unpaired) electrons. The fourth-order valence-electron chi connectivity index (χ4n) is 1.46. The van der Waals surface area contributed by atoms with Crippen LogP contribution < -0.4 is 5.56 Å². The van der Waals surface area contributed by atoms with E-state index in [1.54, 1.807) is 4.98 Å². The van der Waals surface area contributed by atoms with Crippen LogP contribution in [0.15, 0.2) is 4.79 Å². The monoisotopic (exact) mass is 264 g/mol. The lowest BCUT2D eigenvalue weighted by atomic mass is 10.1. The van der Waals surface area contributed by atoms with Crippen LogP contribution in [-0.4, -0.2) is 21.0 Å². The highest BCUT2D eigenvalue weighted by molar-refractivity contribution is 5.66. The van der Waals surface area contributed by atoms with E-state index in [-0.39, 0.29) is 30.5 Å². The Balaban J connectivity index is 2.95. The third-order valence-electron chi connectivity index (χ3n) is 2.31. The highest BCUT2D eigenvalue weighted by atomic mass is 19.4. The molecule has 0 bridgehead atoms. The van der Waals surface area contributed by atoms with E-state index < -0.39 is 23.5 Å². The number of carboxylic acid groups (broad SMARTS) is 1. The number of H-pyrrole nitrogens is 1. The van der Waals surface area contributed by atoms with Gasteiger partial charge < -0.3 is 10.1 Å². The van der Waals surface area contributed by atoms with E-state index in [9.17, 15) is 22.8 Å². The number of nitrogens with one attached hydrogen (secondary N) is 1. The first-order valence-electron chi connectivity index (χ1n) is 5.10. The smallest absolute Gasteiger partial charge is 0.449 e. The van der Waals surface area contributed by atoms with E-state index in [0.29, 0.717) is 0 Å². The predicted octanol–water partition coefficient (Wildman–Crippen LogP) is 1.50. The molecular formula is C10H11F3N2O3. The summed E-state index contributed by atoms with van der Waals surface area (Å²) in [6.07, 6.45) is -4.60. The molecule has 100 valence electrons. The summed E-state index contributed by atoms with van der Waals surface area (Å²) in [5.74, 6) is -2.36. The minimum Gasteiger partial charge on any atom is -0.481 e. The Labute approximate surface area is 99.7 Å². The lowest BCUT2D eigenvalue weighted by molar-refractivity contribution is -0.145. The number of aromatic nitrogens is 2. The molecule has 0 aliphatic heterocycles.